The zero-order chi connectivity index (χ0) is 14.5. The molecule has 0 unspecified atom stereocenters. The smallest absolute Gasteiger partial charge is 0.134 e. The molecular formula is C15H14BrClFNO. The first-order chi connectivity index (χ1) is 9.60. The molecular weight excluding hydrogens is 345 g/mol. The highest BCUT2D eigenvalue weighted by Crippen LogP contribution is 2.27. The maximum atomic E-state index is 13.6. The number of hydrogen-bond donors (Lipinski definition) is 1. The van der Waals surface area contributed by atoms with Crippen LogP contribution in [0.4, 0.5) is 4.39 Å². The first kappa shape index (κ1) is 15.3. The van der Waals surface area contributed by atoms with Crippen LogP contribution in [0.3, 0.4) is 0 Å². The lowest BCUT2D eigenvalue weighted by molar-refractivity contribution is 0.298. The third-order valence-electron chi connectivity index (χ3n) is 2.78. The Balaban J connectivity index is 2.07. The highest BCUT2D eigenvalue weighted by Gasteiger charge is 2.06. The lowest BCUT2D eigenvalue weighted by atomic mass is 10.2. The van der Waals surface area contributed by atoms with E-state index in [0.29, 0.717) is 16.3 Å². The van der Waals surface area contributed by atoms with E-state index in [9.17, 15) is 4.39 Å². The van der Waals surface area contributed by atoms with Crippen LogP contribution >= 0.6 is 27.5 Å². The molecule has 0 radical (unpaired) electrons. The third kappa shape index (κ3) is 3.95. The summed E-state index contributed by atoms with van der Waals surface area (Å²) in [5.74, 6) is 0.319. The van der Waals surface area contributed by atoms with Crippen molar-refractivity contribution < 1.29 is 9.13 Å². The van der Waals surface area contributed by atoms with Crippen LogP contribution in [0.5, 0.6) is 5.75 Å². The number of benzene rings is 2. The summed E-state index contributed by atoms with van der Waals surface area (Å²) >= 11 is 9.17. The molecule has 20 heavy (non-hydrogen) atoms. The van der Waals surface area contributed by atoms with Crippen molar-refractivity contribution in [1.29, 1.82) is 0 Å². The Morgan fingerprint density at radius 1 is 1.25 bits per heavy atom. The van der Waals surface area contributed by atoms with Crippen LogP contribution in [0.1, 0.15) is 11.1 Å². The van der Waals surface area contributed by atoms with E-state index in [-0.39, 0.29) is 12.4 Å². The lowest BCUT2D eigenvalue weighted by Gasteiger charge is -2.10. The maximum Gasteiger partial charge on any atom is 0.134 e. The van der Waals surface area contributed by atoms with Crippen molar-refractivity contribution in [1.82, 2.24) is 5.32 Å². The second kappa shape index (κ2) is 7.07. The third-order valence-corrected chi connectivity index (χ3v) is 3.63. The van der Waals surface area contributed by atoms with Crippen molar-refractivity contribution >= 4 is 27.5 Å². The van der Waals surface area contributed by atoms with Crippen molar-refractivity contribution in [3.05, 3.63) is 62.8 Å². The zero-order valence-electron chi connectivity index (χ0n) is 10.9. The quantitative estimate of drug-likeness (QED) is 0.847. The van der Waals surface area contributed by atoms with Gasteiger partial charge in [-0.3, -0.25) is 0 Å². The summed E-state index contributed by atoms with van der Waals surface area (Å²) in [5.41, 5.74) is 1.62. The van der Waals surface area contributed by atoms with Crippen LogP contribution in [0.15, 0.2) is 40.9 Å². The zero-order valence-corrected chi connectivity index (χ0v) is 13.3. The van der Waals surface area contributed by atoms with Crippen LogP contribution in [-0.2, 0) is 13.2 Å². The Bertz CT molecular complexity index is 606. The summed E-state index contributed by atoms with van der Waals surface area (Å²) in [6, 6.07) is 10.4. The maximum absolute atomic E-state index is 13.6. The van der Waals surface area contributed by atoms with Crippen LogP contribution in [-0.4, -0.2) is 7.05 Å². The number of hydrogen-bond acceptors (Lipinski definition) is 2. The fourth-order valence-electron chi connectivity index (χ4n) is 1.77. The molecule has 0 aromatic heterocycles. The fraction of sp³-hybridized carbons (Fsp3) is 0.200. The average Bonchev–Trinajstić information content (AvgIpc) is 2.40. The molecule has 106 valence electrons. The molecule has 2 aromatic carbocycles. The standard InChI is InChI=1S/C15H14BrClFNO/c1-19-8-10-2-5-15(13(16)6-10)20-9-11-3-4-12(17)7-14(11)18/h2-7,19H,8-9H2,1H3. The van der Waals surface area contributed by atoms with Gasteiger partial charge in [0.05, 0.1) is 4.47 Å². The molecule has 0 aliphatic rings. The molecule has 2 rings (SSSR count). The van der Waals surface area contributed by atoms with E-state index in [4.69, 9.17) is 16.3 Å². The van der Waals surface area contributed by atoms with Gasteiger partial charge in [0.1, 0.15) is 18.2 Å². The van der Waals surface area contributed by atoms with E-state index < -0.39 is 0 Å². The number of nitrogens with one attached hydrogen (secondary N) is 1. The molecule has 1 N–H and O–H groups in total. The molecule has 0 amide bonds. The van der Waals surface area contributed by atoms with E-state index in [2.05, 4.69) is 21.2 Å². The SMILES string of the molecule is CNCc1ccc(OCc2ccc(Cl)cc2F)c(Br)c1. The minimum atomic E-state index is -0.361. The van der Waals surface area contributed by atoms with Gasteiger partial charge in [-0.1, -0.05) is 23.7 Å². The summed E-state index contributed by atoms with van der Waals surface area (Å²) in [6.07, 6.45) is 0. The minimum absolute atomic E-state index is 0.160. The van der Waals surface area contributed by atoms with Gasteiger partial charge in [0, 0.05) is 17.1 Å². The fourth-order valence-corrected chi connectivity index (χ4v) is 2.47. The Morgan fingerprint density at radius 3 is 2.70 bits per heavy atom. The van der Waals surface area contributed by atoms with Gasteiger partial charge in [0.15, 0.2) is 0 Å². The lowest BCUT2D eigenvalue weighted by Crippen LogP contribution is -2.05. The van der Waals surface area contributed by atoms with E-state index in [1.165, 1.54) is 6.07 Å². The molecule has 0 saturated carbocycles. The molecule has 0 bridgehead atoms. The number of halogens is 3. The minimum Gasteiger partial charge on any atom is -0.488 e. The largest absolute Gasteiger partial charge is 0.488 e. The summed E-state index contributed by atoms with van der Waals surface area (Å²) < 4.78 is 20.1. The highest BCUT2D eigenvalue weighted by molar-refractivity contribution is 9.10. The number of ether oxygens (including phenoxy) is 1. The van der Waals surface area contributed by atoms with Gasteiger partial charge in [-0.05, 0) is 52.8 Å². The van der Waals surface area contributed by atoms with Crippen LogP contribution < -0.4 is 10.1 Å². The van der Waals surface area contributed by atoms with Crippen LogP contribution in [0, 0.1) is 5.82 Å². The predicted molar refractivity (Wildman–Crippen MR) is 82.6 cm³/mol. The van der Waals surface area contributed by atoms with Gasteiger partial charge in [0.2, 0.25) is 0 Å². The molecule has 0 aliphatic carbocycles. The average molecular weight is 359 g/mol. The Hall–Kier alpha value is -1.10. The van der Waals surface area contributed by atoms with Crippen LogP contribution in [0.2, 0.25) is 5.02 Å². The number of rotatable bonds is 5. The topological polar surface area (TPSA) is 21.3 Å². The van der Waals surface area contributed by atoms with Gasteiger partial charge in [0.25, 0.3) is 0 Å². The molecule has 0 atom stereocenters. The Morgan fingerprint density at radius 2 is 2.05 bits per heavy atom. The first-order valence-electron chi connectivity index (χ1n) is 6.10. The second-order valence-electron chi connectivity index (χ2n) is 4.32. The summed E-state index contributed by atoms with van der Waals surface area (Å²) in [4.78, 5) is 0. The van der Waals surface area contributed by atoms with Crippen molar-refractivity contribution in [2.24, 2.45) is 0 Å². The van der Waals surface area contributed by atoms with Crippen molar-refractivity contribution in [3.63, 3.8) is 0 Å². The van der Waals surface area contributed by atoms with Gasteiger partial charge in [-0.25, -0.2) is 4.39 Å². The Labute approximate surface area is 131 Å². The second-order valence-corrected chi connectivity index (χ2v) is 5.61. The van der Waals surface area contributed by atoms with E-state index in [0.717, 1.165) is 16.6 Å². The van der Waals surface area contributed by atoms with Gasteiger partial charge < -0.3 is 10.1 Å². The van der Waals surface area contributed by atoms with E-state index in [1.54, 1.807) is 12.1 Å². The van der Waals surface area contributed by atoms with E-state index >= 15 is 0 Å². The molecule has 0 saturated heterocycles. The molecule has 2 aromatic rings. The Kier molecular flexibility index (Phi) is 5.40. The van der Waals surface area contributed by atoms with Crippen molar-refractivity contribution in [2.75, 3.05) is 7.05 Å². The predicted octanol–water partition coefficient (Wildman–Crippen LogP) is 4.54. The summed E-state index contributed by atoms with van der Waals surface area (Å²) in [5, 5.41) is 3.46. The van der Waals surface area contributed by atoms with E-state index in [1.807, 2.05) is 25.2 Å². The molecule has 0 fully saturated rings. The first-order valence-corrected chi connectivity index (χ1v) is 7.27. The molecule has 2 nitrogen and oxygen atoms in total. The summed E-state index contributed by atoms with van der Waals surface area (Å²) in [7, 11) is 1.89. The van der Waals surface area contributed by atoms with Crippen LogP contribution in [0.25, 0.3) is 0 Å². The van der Waals surface area contributed by atoms with Crippen molar-refractivity contribution in [3.8, 4) is 5.75 Å². The van der Waals surface area contributed by atoms with Gasteiger partial charge in [-0.15, -0.1) is 0 Å². The van der Waals surface area contributed by atoms with Gasteiger partial charge >= 0.3 is 0 Å². The van der Waals surface area contributed by atoms with Gasteiger partial charge in [-0.2, -0.15) is 0 Å². The molecule has 0 heterocycles. The molecule has 0 spiro atoms. The normalized spacial score (nSPS) is 10.6. The summed E-state index contributed by atoms with van der Waals surface area (Å²) in [6.45, 7) is 0.942. The highest BCUT2D eigenvalue weighted by atomic mass is 79.9. The molecule has 5 heteroatoms. The molecule has 0 aliphatic heterocycles. The van der Waals surface area contributed by atoms with Crippen molar-refractivity contribution in [2.45, 2.75) is 13.2 Å². The monoisotopic (exact) mass is 357 g/mol.